The lowest BCUT2D eigenvalue weighted by Gasteiger charge is -2.38. The largest absolute Gasteiger partial charge is 0.444 e. The van der Waals surface area contributed by atoms with Crippen LogP contribution in [0.2, 0.25) is 0 Å². The molecule has 1 aromatic rings. The van der Waals surface area contributed by atoms with E-state index in [9.17, 15) is 19.2 Å². The van der Waals surface area contributed by atoms with Gasteiger partial charge in [0.1, 0.15) is 23.7 Å². The Hall–Kier alpha value is -3.14. The molecule has 0 radical (unpaired) electrons. The fourth-order valence-electron chi connectivity index (χ4n) is 6.65. The van der Waals surface area contributed by atoms with Crippen LogP contribution in [0.3, 0.4) is 0 Å². The smallest absolute Gasteiger partial charge is 0.410 e. The van der Waals surface area contributed by atoms with Crippen molar-refractivity contribution in [3.05, 3.63) is 35.4 Å². The number of rotatable bonds is 7. The van der Waals surface area contributed by atoms with Crippen molar-refractivity contribution in [3.8, 4) is 0 Å². The number of carbonyl (C=O) groups excluding carboxylic acids is 4. The van der Waals surface area contributed by atoms with Crippen molar-refractivity contribution in [2.75, 3.05) is 7.05 Å². The molecule has 0 aromatic heterocycles. The minimum Gasteiger partial charge on any atom is -0.444 e. The first-order valence-electron chi connectivity index (χ1n) is 16.0. The fourth-order valence-corrected chi connectivity index (χ4v) is 6.65. The van der Waals surface area contributed by atoms with Crippen molar-refractivity contribution in [1.82, 2.24) is 20.4 Å². The highest BCUT2D eigenvalue weighted by molar-refractivity contribution is 5.94. The Bertz CT molecular complexity index is 1210. The molecule has 10 nitrogen and oxygen atoms in total. The van der Waals surface area contributed by atoms with Gasteiger partial charge < -0.3 is 25.0 Å². The number of amides is 4. The van der Waals surface area contributed by atoms with Crippen LogP contribution in [0, 0.1) is 0 Å². The number of benzene rings is 1. The van der Waals surface area contributed by atoms with Crippen LogP contribution >= 0.6 is 0 Å². The van der Waals surface area contributed by atoms with Crippen LogP contribution in [0.4, 0.5) is 4.79 Å². The van der Waals surface area contributed by atoms with E-state index < -0.39 is 35.7 Å². The Balaban J connectivity index is 1.31. The first kappa shape index (κ1) is 31.3. The third-order valence-corrected chi connectivity index (χ3v) is 9.22. The number of hydrogen-bond acceptors (Lipinski definition) is 6. The van der Waals surface area contributed by atoms with Gasteiger partial charge in [0.2, 0.25) is 17.7 Å². The predicted octanol–water partition coefficient (Wildman–Crippen LogP) is 4.01. The summed E-state index contributed by atoms with van der Waals surface area (Å²) in [6.07, 6.45) is 7.60. The average Bonchev–Trinajstić information content (AvgIpc) is 3.68. The molecule has 43 heavy (non-hydrogen) atoms. The normalized spacial score (nSPS) is 28.1. The summed E-state index contributed by atoms with van der Waals surface area (Å²) in [6.45, 7) is 6.91. The minimum absolute atomic E-state index is 0.0404. The van der Waals surface area contributed by atoms with E-state index in [0.717, 1.165) is 37.7 Å². The maximum Gasteiger partial charge on any atom is 0.410 e. The summed E-state index contributed by atoms with van der Waals surface area (Å²) in [4.78, 5) is 57.0. The second-order valence-electron chi connectivity index (χ2n) is 13.7. The van der Waals surface area contributed by atoms with Gasteiger partial charge in [0, 0.05) is 13.1 Å². The molecular weight excluding hydrogens is 548 g/mol. The van der Waals surface area contributed by atoms with Crippen molar-refractivity contribution in [2.45, 2.75) is 140 Å². The Kier molecular flexibility index (Phi) is 9.34. The van der Waals surface area contributed by atoms with Crippen LogP contribution in [0.15, 0.2) is 24.3 Å². The van der Waals surface area contributed by atoms with E-state index in [4.69, 9.17) is 9.47 Å². The van der Waals surface area contributed by atoms with E-state index in [1.165, 1.54) is 17.5 Å². The molecule has 0 unspecified atom stereocenters. The zero-order valence-electron chi connectivity index (χ0n) is 26.3. The van der Waals surface area contributed by atoms with E-state index in [1.807, 2.05) is 12.1 Å². The lowest BCUT2D eigenvalue weighted by atomic mass is 9.87. The number of carbonyl (C=O) groups is 4. The SMILES string of the molecule is C[C@@H](C(=O)N[C@H]1CC[C@H](OC2CC2)C[C@H]2CC[C@@H](C(=O)N[C@@H]3CCCc4ccccc43)N2C1=O)N(C)C(=O)OC(C)(C)C. The molecule has 2 aliphatic carbocycles. The number of aryl methyl sites for hydroxylation is 1. The Morgan fingerprint density at radius 2 is 1.67 bits per heavy atom. The first-order valence-corrected chi connectivity index (χ1v) is 16.0. The third kappa shape index (κ3) is 7.51. The highest BCUT2D eigenvalue weighted by atomic mass is 16.6. The Labute approximate surface area is 255 Å². The average molecular weight is 597 g/mol. The summed E-state index contributed by atoms with van der Waals surface area (Å²) in [5.41, 5.74) is 1.72. The van der Waals surface area contributed by atoms with E-state index in [2.05, 4.69) is 22.8 Å². The number of hydrogen-bond donors (Lipinski definition) is 2. The zero-order valence-corrected chi connectivity index (χ0v) is 26.3. The van der Waals surface area contributed by atoms with Crippen LogP contribution in [0.25, 0.3) is 0 Å². The predicted molar refractivity (Wildman–Crippen MR) is 161 cm³/mol. The summed E-state index contributed by atoms with van der Waals surface area (Å²) in [7, 11) is 1.51. The van der Waals surface area contributed by atoms with E-state index >= 15 is 0 Å². The molecule has 6 atom stereocenters. The number of nitrogens with one attached hydrogen (secondary N) is 2. The zero-order chi connectivity index (χ0) is 30.9. The molecule has 3 fully saturated rings. The highest BCUT2D eigenvalue weighted by Gasteiger charge is 2.47. The number of fused-ring (bicyclic) bond motifs is 2. The summed E-state index contributed by atoms with van der Waals surface area (Å²) in [6, 6.07) is 5.75. The second-order valence-corrected chi connectivity index (χ2v) is 13.7. The fraction of sp³-hybridized carbons (Fsp3) is 0.697. The van der Waals surface area contributed by atoms with Crippen LogP contribution in [0.1, 0.15) is 103 Å². The van der Waals surface area contributed by atoms with Gasteiger partial charge in [0.25, 0.3) is 0 Å². The van der Waals surface area contributed by atoms with Gasteiger partial charge in [-0.15, -0.1) is 0 Å². The standard InChI is InChI=1S/C33H48N4O6/c1-20(36(5)32(41)43-33(2,3)4)29(38)35-27-17-16-24(42-23-14-15-23)19-22-13-18-28(37(22)31(27)40)30(39)34-26-12-8-10-21-9-6-7-11-25(21)26/h6-7,9,11,20,22-24,26-28H,8,10,12-19H2,1-5H3,(H,34,39)(H,35,38)/t20-,22+,24-,26+,27-,28-/m0/s1. The first-order chi connectivity index (χ1) is 20.4. The van der Waals surface area contributed by atoms with Crippen LogP contribution in [-0.2, 0) is 30.3 Å². The minimum atomic E-state index is -0.855. The molecule has 1 saturated carbocycles. The van der Waals surface area contributed by atoms with Gasteiger partial charge in [-0.25, -0.2) is 4.79 Å². The van der Waals surface area contributed by atoms with Gasteiger partial charge in [-0.05, 0) is 103 Å². The van der Waals surface area contributed by atoms with Gasteiger partial charge in [-0.3, -0.25) is 19.3 Å². The lowest BCUT2D eigenvalue weighted by molar-refractivity contribution is -0.146. The van der Waals surface area contributed by atoms with Crippen molar-refractivity contribution < 1.29 is 28.7 Å². The van der Waals surface area contributed by atoms with Crippen molar-refractivity contribution in [1.29, 1.82) is 0 Å². The summed E-state index contributed by atoms with van der Waals surface area (Å²) < 4.78 is 11.8. The van der Waals surface area contributed by atoms with Crippen LogP contribution < -0.4 is 10.6 Å². The van der Waals surface area contributed by atoms with E-state index in [1.54, 1.807) is 32.6 Å². The molecule has 0 spiro atoms. The van der Waals surface area contributed by atoms with Gasteiger partial charge >= 0.3 is 6.09 Å². The number of nitrogens with zero attached hydrogens (tertiary/aromatic N) is 2. The maximum absolute atomic E-state index is 14.2. The molecule has 5 rings (SSSR count). The topological polar surface area (TPSA) is 117 Å². The van der Waals surface area contributed by atoms with Crippen molar-refractivity contribution in [3.63, 3.8) is 0 Å². The molecule has 0 bridgehead atoms. The molecule has 2 saturated heterocycles. The molecule has 4 amide bonds. The van der Waals surface area contributed by atoms with Crippen molar-refractivity contribution >= 4 is 23.8 Å². The molecule has 2 heterocycles. The quantitative estimate of drug-likeness (QED) is 0.491. The lowest BCUT2D eigenvalue weighted by Crippen LogP contribution is -2.59. The van der Waals surface area contributed by atoms with E-state index in [0.29, 0.717) is 32.1 Å². The Morgan fingerprint density at radius 1 is 0.953 bits per heavy atom. The van der Waals surface area contributed by atoms with Crippen LogP contribution in [0.5, 0.6) is 0 Å². The van der Waals surface area contributed by atoms with Crippen molar-refractivity contribution in [2.24, 2.45) is 0 Å². The second kappa shape index (κ2) is 12.8. The third-order valence-electron chi connectivity index (χ3n) is 9.22. The molecule has 236 valence electrons. The summed E-state index contributed by atoms with van der Waals surface area (Å²) in [5, 5.41) is 6.19. The number of ether oxygens (including phenoxy) is 2. The van der Waals surface area contributed by atoms with Gasteiger partial charge in [0.15, 0.2) is 0 Å². The summed E-state index contributed by atoms with van der Waals surface area (Å²) >= 11 is 0. The molecule has 1 aromatic carbocycles. The molecule has 2 N–H and O–H groups in total. The van der Waals surface area contributed by atoms with Gasteiger partial charge in [-0.2, -0.15) is 0 Å². The van der Waals surface area contributed by atoms with Crippen LogP contribution in [-0.4, -0.2) is 82.6 Å². The maximum atomic E-state index is 14.2. The molecule has 10 heteroatoms. The van der Waals surface area contributed by atoms with Gasteiger partial charge in [0.05, 0.1) is 18.2 Å². The van der Waals surface area contributed by atoms with Gasteiger partial charge in [-0.1, -0.05) is 24.3 Å². The monoisotopic (exact) mass is 596 g/mol. The number of likely N-dealkylation sites (N-methyl/N-ethyl adjacent to an activating group) is 1. The molecule has 2 aliphatic heterocycles. The summed E-state index contributed by atoms with van der Waals surface area (Å²) in [5.74, 6) is -0.819. The highest BCUT2D eigenvalue weighted by Crippen LogP contribution is 2.36. The molecule has 4 aliphatic rings. The Morgan fingerprint density at radius 3 is 2.40 bits per heavy atom. The molecular formula is C33H48N4O6. The van der Waals surface area contributed by atoms with E-state index in [-0.39, 0.29) is 36.1 Å².